The lowest BCUT2D eigenvalue weighted by Gasteiger charge is -1.94. The van der Waals surface area contributed by atoms with Crippen LogP contribution in [0.5, 0.6) is 0 Å². The highest BCUT2D eigenvalue weighted by atomic mass is 35.9. The van der Waals surface area contributed by atoms with E-state index in [4.69, 9.17) is 22.5 Å². The number of hydrogen-bond acceptors (Lipinski definition) is 0. The van der Waals surface area contributed by atoms with Crippen molar-refractivity contribution in [3.63, 3.8) is 0 Å². The summed E-state index contributed by atoms with van der Waals surface area (Å²) in [6.07, 6.45) is -3.32. The van der Waals surface area contributed by atoms with Gasteiger partial charge in [0.2, 0.25) is 0 Å². The van der Waals surface area contributed by atoms with E-state index in [-0.39, 0.29) is 0 Å². The van der Waals surface area contributed by atoms with Crippen molar-refractivity contribution in [1.29, 1.82) is 0 Å². The summed E-state index contributed by atoms with van der Waals surface area (Å²) in [6.45, 7) is 0. The zero-order chi connectivity index (χ0) is 7.61. The summed E-state index contributed by atoms with van der Waals surface area (Å²) in [4.78, 5) is 0. The topological polar surface area (TPSA) is 0 Å². The van der Waals surface area contributed by atoms with Crippen LogP contribution in [-0.4, -0.2) is 0 Å². The Bertz CT molecular complexity index is 207. The van der Waals surface area contributed by atoms with Crippen LogP contribution in [0.1, 0.15) is 0 Å². The molecule has 0 aliphatic heterocycles. The van der Waals surface area contributed by atoms with Gasteiger partial charge in [0.1, 0.15) is 0 Å². The van der Waals surface area contributed by atoms with Crippen molar-refractivity contribution >= 4 is 34.1 Å². The first-order valence-electron chi connectivity index (χ1n) is 2.64. The van der Waals surface area contributed by atoms with Crippen LogP contribution in [0.2, 0.25) is 0 Å². The fraction of sp³-hybridized carbons (Fsp3) is 0. The van der Waals surface area contributed by atoms with Gasteiger partial charge in [-0.25, -0.2) is 0 Å². The second-order valence-corrected chi connectivity index (χ2v) is 6.50. The molecule has 0 fully saturated rings. The largest absolute Gasteiger partial charge is 0.427 e. The molecule has 0 aromatic heterocycles. The second-order valence-electron chi connectivity index (χ2n) is 1.78. The van der Waals surface area contributed by atoms with Gasteiger partial charge in [-0.1, -0.05) is 18.2 Å². The van der Waals surface area contributed by atoms with Crippen molar-refractivity contribution in [3.05, 3.63) is 30.3 Å². The Morgan fingerprint density at radius 1 is 1.10 bits per heavy atom. The molecule has 0 radical (unpaired) electrons. The molecule has 0 atom stereocenters. The standard InChI is InChI=1S/C6H5Cl2FP/c7-10(8,9)6-4-2-1-3-5-6/h1-5H/q+1. The predicted octanol–water partition coefficient (Wildman–Crippen LogP) is 3.52. The molecule has 4 heteroatoms. The molecule has 0 unspecified atom stereocenters. The molecule has 0 saturated carbocycles. The van der Waals surface area contributed by atoms with Gasteiger partial charge in [0.25, 0.3) is 0 Å². The van der Waals surface area contributed by atoms with Gasteiger partial charge in [0.15, 0.2) is 27.8 Å². The van der Waals surface area contributed by atoms with Crippen LogP contribution in [0, 0.1) is 0 Å². The molecule has 0 N–H and O–H groups in total. The van der Waals surface area contributed by atoms with Gasteiger partial charge in [-0.3, -0.25) is 0 Å². The normalized spacial score (nSPS) is 11.5. The molecule has 1 rings (SSSR count). The Labute approximate surface area is 69.0 Å². The monoisotopic (exact) mass is 197 g/mol. The summed E-state index contributed by atoms with van der Waals surface area (Å²) >= 11 is 10.5. The minimum atomic E-state index is -3.32. The maximum atomic E-state index is 12.8. The van der Waals surface area contributed by atoms with Gasteiger partial charge in [0.05, 0.1) is 0 Å². The second kappa shape index (κ2) is 3.04. The molecule has 54 valence electrons. The smallest absolute Gasteiger partial charge is 0.0620 e. The van der Waals surface area contributed by atoms with E-state index >= 15 is 0 Å². The minimum absolute atomic E-state index is 0.373. The van der Waals surface area contributed by atoms with E-state index in [1.165, 1.54) is 0 Å². The Morgan fingerprint density at radius 2 is 1.60 bits per heavy atom. The van der Waals surface area contributed by atoms with Crippen molar-refractivity contribution < 1.29 is 4.20 Å². The van der Waals surface area contributed by atoms with Crippen molar-refractivity contribution in [3.8, 4) is 0 Å². The van der Waals surface area contributed by atoms with Crippen LogP contribution in [0.15, 0.2) is 30.3 Å². The number of hydrogen-bond donors (Lipinski definition) is 0. The van der Waals surface area contributed by atoms with Crippen molar-refractivity contribution in [1.82, 2.24) is 0 Å². The summed E-state index contributed by atoms with van der Waals surface area (Å²) < 4.78 is 12.8. The van der Waals surface area contributed by atoms with Gasteiger partial charge >= 0.3 is 6.28 Å². The van der Waals surface area contributed by atoms with Gasteiger partial charge in [-0.2, -0.15) is 0 Å². The highest BCUT2D eigenvalue weighted by Gasteiger charge is 2.38. The van der Waals surface area contributed by atoms with Gasteiger partial charge < -0.3 is 0 Å². The minimum Gasteiger partial charge on any atom is -0.0620 e. The molecule has 0 aliphatic carbocycles. The third kappa shape index (κ3) is 2.09. The molecule has 1 aromatic rings. The van der Waals surface area contributed by atoms with Crippen LogP contribution in [0.3, 0.4) is 0 Å². The number of rotatable bonds is 1. The zero-order valence-electron chi connectivity index (χ0n) is 4.97. The molecular weight excluding hydrogens is 193 g/mol. The predicted molar refractivity (Wildman–Crippen MR) is 45.8 cm³/mol. The van der Waals surface area contributed by atoms with E-state index in [1.54, 1.807) is 30.3 Å². The Balaban J connectivity index is 2.97. The summed E-state index contributed by atoms with van der Waals surface area (Å²) in [6, 6.07) is 8.34. The lowest BCUT2D eigenvalue weighted by Crippen LogP contribution is -1.95. The van der Waals surface area contributed by atoms with Crippen molar-refractivity contribution in [2.75, 3.05) is 0 Å². The highest BCUT2D eigenvalue weighted by molar-refractivity contribution is 8.18. The van der Waals surface area contributed by atoms with E-state index in [0.29, 0.717) is 5.30 Å². The first-order valence-corrected chi connectivity index (χ1v) is 6.13. The molecule has 1 aromatic carbocycles. The Morgan fingerprint density at radius 3 is 1.90 bits per heavy atom. The van der Waals surface area contributed by atoms with Gasteiger partial charge in [-0.15, -0.1) is 0 Å². The molecule has 0 spiro atoms. The molecule has 0 nitrogen and oxygen atoms in total. The van der Waals surface area contributed by atoms with Crippen LogP contribution in [-0.2, 0) is 0 Å². The Hall–Kier alpha value is 0.160. The van der Waals surface area contributed by atoms with E-state index in [0.717, 1.165) is 0 Å². The summed E-state index contributed by atoms with van der Waals surface area (Å²) in [5, 5.41) is 0.373. The van der Waals surface area contributed by atoms with E-state index in [9.17, 15) is 4.20 Å². The fourth-order valence-corrected chi connectivity index (χ4v) is 1.78. The maximum absolute atomic E-state index is 12.8. The zero-order valence-corrected chi connectivity index (χ0v) is 7.37. The highest BCUT2D eigenvalue weighted by Crippen LogP contribution is 2.69. The third-order valence-corrected chi connectivity index (χ3v) is 3.10. The van der Waals surface area contributed by atoms with Crippen molar-refractivity contribution in [2.24, 2.45) is 0 Å². The van der Waals surface area contributed by atoms with Crippen LogP contribution < -0.4 is 5.30 Å². The Kier molecular flexibility index (Phi) is 2.51. The van der Waals surface area contributed by atoms with E-state index in [2.05, 4.69) is 0 Å². The molecule has 10 heavy (non-hydrogen) atoms. The first kappa shape index (κ1) is 8.26. The fourth-order valence-electron chi connectivity index (χ4n) is 0.597. The van der Waals surface area contributed by atoms with Crippen molar-refractivity contribution in [2.45, 2.75) is 0 Å². The summed E-state index contributed by atoms with van der Waals surface area (Å²) in [7, 11) is 0. The van der Waals surface area contributed by atoms with Crippen LogP contribution in [0.4, 0.5) is 4.20 Å². The van der Waals surface area contributed by atoms with Crippen LogP contribution in [0.25, 0.3) is 0 Å². The van der Waals surface area contributed by atoms with E-state index < -0.39 is 6.28 Å². The van der Waals surface area contributed by atoms with Gasteiger partial charge in [0, 0.05) is 0 Å². The quantitative estimate of drug-likeness (QED) is 0.605. The average Bonchev–Trinajstić information content (AvgIpc) is 1.88. The first-order chi connectivity index (χ1) is 4.61. The lowest BCUT2D eigenvalue weighted by atomic mass is 10.4. The molecule has 0 heterocycles. The molecular formula is C6H5Cl2FP+. The van der Waals surface area contributed by atoms with Gasteiger partial charge in [-0.05, 0) is 16.3 Å². The van der Waals surface area contributed by atoms with Crippen LogP contribution >= 0.6 is 28.8 Å². The van der Waals surface area contributed by atoms with E-state index in [1.807, 2.05) is 0 Å². The maximum Gasteiger partial charge on any atom is 0.427 e. The summed E-state index contributed by atoms with van der Waals surface area (Å²) in [5.74, 6) is 0. The average molecular weight is 198 g/mol. The molecule has 0 bridgehead atoms. The molecule has 0 amide bonds. The summed E-state index contributed by atoms with van der Waals surface area (Å²) in [5.41, 5.74) is 0. The number of halogens is 3. The molecule has 0 aliphatic rings. The lowest BCUT2D eigenvalue weighted by molar-refractivity contribution is 0.916. The molecule has 0 saturated heterocycles. The SMILES string of the molecule is F[P+](Cl)(Cl)c1ccccc1. The number of benzene rings is 1. The third-order valence-electron chi connectivity index (χ3n) is 1.05.